The highest BCUT2D eigenvalue weighted by molar-refractivity contribution is 5.66. The molecule has 0 N–H and O–H groups in total. The van der Waals surface area contributed by atoms with Crippen molar-refractivity contribution in [1.82, 2.24) is 4.98 Å². The number of ether oxygens (including phenoxy) is 1. The SMILES string of the molecule is CCOc1ccc(F)c(F)c1-c1cnco1. The molecule has 0 saturated heterocycles. The first-order valence-electron chi connectivity index (χ1n) is 4.73. The van der Waals surface area contributed by atoms with Crippen molar-refractivity contribution >= 4 is 0 Å². The molecule has 0 aliphatic carbocycles. The summed E-state index contributed by atoms with van der Waals surface area (Å²) in [6.07, 6.45) is 2.45. The molecule has 0 aliphatic rings. The van der Waals surface area contributed by atoms with Gasteiger partial charge in [-0.3, -0.25) is 0 Å². The van der Waals surface area contributed by atoms with Crippen molar-refractivity contribution in [2.24, 2.45) is 0 Å². The zero-order valence-electron chi connectivity index (χ0n) is 8.54. The van der Waals surface area contributed by atoms with Crippen molar-refractivity contribution in [3.05, 3.63) is 36.4 Å². The van der Waals surface area contributed by atoms with Crippen LogP contribution >= 0.6 is 0 Å². The molecule has 0 aliphatic heterocycles. The molecule has 0 atom stereocenters. The average molecular weight is 225 g/mol. The summed E-state index contributed by atoms with van der Waals surface area (Å²) in [4.78, 5) is 3.66. The first-order chi connectivity index (χ1) is 7.74. The Balaban J connectivity index is 2.59. The maximum absolute atomic E-state index is 13.6. The predicted octanol–water partition coefficient (Wildman–Crippen LogP) is 3.02. The average Bonchev–Trinajstić information content (AvgIpc) is 2.77. The van der Waals surface area contributed by atoms with Crippen LogP contribution in [0.4, 0.5) is 8.78 Å². The summed E-state index contributed by atoms with van der Waals surface area (Å²) in [6.45, 7) is 2.11. The summed E-state index contributed by atoms with van der Waals surface area (Å²) < 4.78 is 36.9. The van der Waals surface area contributed by atoms with E-state index in [4.69, 9.17) is 9.15 Å². The van der Waals surface area contributed by atoms with Gasteiger partial charge in [-0.25, -0.2) is 13.8 Å². The lowest BCUT2D eigenvalue weighted by atomic mass is 10.1. The van der Waals surface area contributed by atoms with Crippen molar-refractivity contribution in [1.29, 1.82) is 0 Å². The Labute approximate surface area is 90.7 Å². The van der Waals surface area contributed by atoms with Crippen LogP contribution in [0, 0.1) is 11.6 Å². The van der Waals surface area contributed by atoms with Gasteiger partial charge in [-0.2, -0.15) is 0 Å². The highest BCUT2D eigenvalue weighted by Gasteiger charge is 2.18. The van der Waals surface area contributed by atoms with Crippen LogP contribution in [-0.4, -0.2) is 11.6 Å². The lowest BCUT2D eigenvalue weighted by molar-refractivity contribution is 0.337. The summed E-state index contributed by atoms with van der Waals surface area (Å²) in [6, 6.07) is 2.37. The largest absolute Gasteiger partial charge is 0.493 e. The van der Waals surface area contributed by atoms with Crippen molar-refractivity contribution < 1.29 is 17.9 Å². The maximum Gasteiger partial charge on any atom is 0.181 e. The van der Waals surface area contributed by atoms with Crippen LogP contribution < -0.4 is 4.74 Å². The number of rotatable bonds is 3. The van der Waals surface area contributed by atoms with E-state index in [1.54, 1.807) is 6.92 Å². The van der Waals surface area contributed by atoms with E-state index in [2.05, 4.69) is 4.98 Å². The minimum absolute atomic E-state index is 0.0423. The van der Waals surface area contributed by atoms with Gasteiger partial charge < -0.3 is 9.15 Å². The molecule has 0 spiro atoms. The van der Waals surface area contributed by atoms with Crippen LogP contribution in [-0.2, 0) is 0 Å². The first kappa shape index (κ1) is 10.6. The molecule has 0 radical (unpaired) electrons. The van der Waals surface area contributed by atoms with Gasteiger partial charge in [-0.15, -0.1) is 0 Å². The molecular formula is C11H9F2NO2. The highest BCUT2D eigenvalue weighted by Crippen LogP contribution is 2.33. The Morgan fingerprint density at radius 2 is 2.19 bits per heavy atom. The molecule has 0 amide bonds. The summed E-state index contributed by atoms with van der Waals surface area (Å²) in [5.41, 5.74) is -0.0423. The standard InChI is InChI=1S/C11H9F2NO2/c1-2-15-8-4-3-7(12)11(13)10(8)9-5-14-6-16-9/h3-6H,2H2,1H3. The molecule has 16 heavy (non-hydrogen) atoms. The predicted molar refractivity (Wildman–Crippen MR) is 53.0 cm³/mol. The Bertz CT molecular complexity index is 483. The number of hydrogen-bond acceptors (Lipinski definition) is 3. The summed E-state index contributed by atoms with van der Waals surface area (Å²) in [7, 11) is 0. The molecule has 2 rings (SSSR count). The Morgan fingerprint density at radius 1 is 1.38 bits per heavy atom. The zero-order valence-corrected chi connectivity index (χ0v) is 8.54. The molecule has 1 heterocycles. The lowest BCUT2D eigenvalue weighted by Crippen LogP contribution is -1.98. The third-order valence-corrected chi connectivity index (χ3v) is 2.04. The van der Waals surface area contributed by atoms with E-state index in [1.807, 2.05) is 0 Å². The minimum atomic E-state index is -0.997. The molecule has 2 aromatic rings. The van der Waals surface area contributed by atoms with Crippen molar-refractivity contribution in [3.8, 4) is 17.1 Å². The van der Waals surface area contributed by atoms with Gasteiger partial charge in [0.1, 0.15) is 5.75 Å². The fourth-order valence-corrected chi connectivity index (χ4v) is 1.38. The van der Waals surface area contributed by atoms with Crippen LogP contribution in [0.15, 0.2) is 29.1 Å². The number of oxazole rings is 1. The van der Waals surface area contributed by atoms with Gasteiger partial charge in [-0.1, -0.05) is 0 Å². The van der Waals surface area contributed by atoms with Crippen molar-refractivity contribution in [2.75, 3.05) is 6.61 Å². The molecule has 0 fully saturated rings. The van der Waals surface area contributed by atoms with Crippen LogP contribution in [0.5, 0.6) is 5.75 Å². The molecule has 5 heteroatoms. The summed E-state index contributed by atoms with van der Waals surface area (Å²) >= 11 is 0. The molecular weight excluding hydrogens is 216 g/mol. The van der Waals surface area contributed by atoms with E-state index in [0.717, 1.165) is 12.5 Å². The second kappa shape index (κ2) is 4.30. The van der Waals surface area contributed by atoms with Crippen molar-refractivity contribution in [2.45, 2.75) is 6.92 Å². The molecule has 3 nitrogen and oxygen atoms in total. The quantitative estimate of drug-likeness (QED) is 0.805. The van der Waals surface area contributed by atoms with Gasteiger partial charge in [0.15, 0.2) is 23.8 Å². The van der Waals surface area contributed by atoms with E-state index < -0.39 is 11.6 Å². The Kier molecular flexibility index (Phi) is 2.85. The van der Waals surface area contributed by atoms with Gasteiger partial charge in [0, 0.05) is 0 Å². The van der Waals surface area contributed by atoms with E-state index in [0.29, 0.717) is 6.61 Å². The minimum Gasteiger partial charge on any atom is -0.493 e. The normalized spacial score (nSPS) is 10.4. The fourth-order valence-electron chi connectivity index (χ4n) is 1.38. The number of nitrogens with zero attached hydrogens (tertiary/aromatic N) is 1. The monoisotopic (exact) mass is 225 g/mol. The topological polar surface area (TPSA) is 35.3 Å². The van der Waals surface area contributed by atoms with Crippen LogP contribution in [0.25, 0.3) is 11.3 Å². The highest BCUT2D eigenvalue weighted by atomic mass is 19.2. The second-order valence-electron chi connectivity index (χ2n) is 3.03. The van der Waals surface area contributed by atoms with Crippen LogP contribution in [0.3, 0.4) is 0 Å². The first-order valence-corrected chi connectivity index (χ1v) is 4.73. The number of hydrogen-bond donors (Lipinski definition) is 0. The zero-order chi connectivity index (χ0) is 11.5. The maximum atomic E-state index is 13.6. The molecule has 1 aromatic carbocycles. The third kappa shape index (κ3) is 1.76. The lowest BCUT2D eigenvalue weighted by Gasteiger charge is -2.09. The van der Waals surface area contributed by atoms with Crippen LogP contribution in [0.2, 0.25) is 0 Å². The Hall–Kier alpha value is -1.91. The number of aromatic nitrogens is 1. The Morgan fingerprint density at radius 3 is 2.81 bits per heavy atom. The van der Waals surface area contributed by atoms with Crippen molar-refractivity contribution in [3.63, 3.8) is 0 Å². The van der Waals surface area contributed by atoms with Gasteiger partial charge in [0.2, 0.25) is 0 Å². The second-order valence-corrected chi connectivity index (χ2v) is 3.03. The molecule has 0 unspecified atom stereocenters. The van der Waals surface area contributed by atoms with Gasteiger partial charge in [0.05, 0.1) is 18.4 Å². The van der Waals surface area contributed by atoms with Gasteiger partial charge in [0.25, 0.3) is 0 Å². The molecule has 0 bridgehead atoms. The van der Waals surface area contributed by atoms with Gasteiger partial charge >= 0.3 is 0 Å². The summed E-state index contributed by atoms with van der Waals surface area (Å²) in [5.74, 6) is -1.57. The van der Waals surface area contributed by atoms with Crippen LogP contribution in [0.1, 0.15) is 6.92 Å². The number of benzene rings is 1. The van der Waals surface area contributed by atoms with E-state index >= 15 is 0 Å². The third-order valence-electron chi connectivity index (χ3n) is 2.04. The molecule has 0 saturated carbocycles. The smallest absolute Gasteiger partial charge is 0.181 e. The molecule has 84 valence electrons. The van der Waals surface area contributed by atoms with E-state index in [9.17, 15) is 8.78 Å². The molecule has 1 aromatic heterocycles. The number of halogens is 2. The van der Waals surface area contributed by atoms with E-state index in [1.165, 1.54) is 12.3 Å². The van der Waals surface area contributed by atoms with E-state index in [-0.39, 0.29) is 17.1 Å². The summed E-state index contributed by atoms with van der Waals surface area (Å²) in [5, 5.41) is 0. The fraction of sp³-hybridized carbons (Fsp3) is 0.182. The van der Waals surface area contributed by atoms with Gasteiger partial charge in [-0.05, 0) is 19.1 Å².